The van der Waals surface area contributed by atoms with Gasteiger partial charge in [-0.25, -0.2) is 4.79 Å². The van der Waals surface area contributed by atoms with Gasteiger partial charge in [-0.2, -0.15) is 0 Å². The Labute approximate surface area is 169 Å². The molecule has 1 aliphatic heterocycles. The minimum absolute atomic E-state index is 0.159. The van der Waals surface area contributed by atoms with Crippen LogP contribution in [-0.2, 0) is 11.3 Å². The van der Waals surface area contributed by atoms with Crippen molar-refractivity contribution < 1.29 is 14.3 Å². The van der Waals surface area contributed by atoms with E-state index in [-0.39, 0.29) is 18.0 Å². The number of H-pyrrole nitrogens is 1. The fourth-order valence-electron chi connectivity index (χ4n) is 3.67. The van der Waals surface area contributed by atoms with Crippen molar-refractivity contribution in [3.8, 4) is 11.5 Å². The molecular formula is C21H29N3O5. The van der Waals surface area contributed by atoms with Gasteiger partial charge in [0.25, 0.3) is 5.56 Å². The van der Waals surface area contributed by atoms with Crippen molar-refractivity contribution in [2.24, 2.45) is 0 Å². The van der Waals surface area contributed by atoms with Crippen molar-refractivity contribution in [3.63, 3.8) is 0 Å². The third-order valence-corrected chi connectivity index (χ3v) is 5.13. The Hall–Kier alpha value is -2.77. The molecule has 0 radical (unpaired) electrons. The van der Waals surface area contributed by atoms with Crippen LogP contribution in [-0.4, -0.2) is 46.7 Å². The van der Waals surface area contributed by atoms with Gasteiger partial charge in [0.2, 0.25) is 5.91 Å². The average molecular weight is 403 g/mol. The van der Waals surface area contributed by atoms with E-state index in [2.05, 4.69) is 4.98 Å². The van der Waals surface area contributed by atoms with E-state index in [0.29, 0.717) is 54.9 Å². The predicted octanol–water partition coefficient (Wildman–Crippen LogP) is 2.28. The molecule has 8 nitrogen and oxygen atoms in total. The Bertz CT molecular complexity index is 973. The number of nitrogens with zero attached hydrogens (tertiary/aromatic N) is 2. The van der Waals surface area contributed by atoms with Crippen molar-refractivity contribution in [2.75, 3.05) is 26.3 Å². The molecule has 0 spiro atoms. The van der Waals surface area contributed by atoms with Crippen LogP contribution in [0.5, 0.6) is 11.5 Å². The monoisotopic (exact) mass is 403 g/mol. The van der Waals surface area contributed by atoms with Crippen LogP contribution in [0.3, 0.4) is 0 Å². The molecule has 2 heterocycles. The molecule has 29 heavy (non-hydrogen) atoms. The Morgan fingerprint density at radius 2 is 1.69 bits per heavy atom. The number of aromatic amines is 1. The number of carbonyl (C=O) groups excluding carboxylic acids is 1. The Morgan fingerprint density at radius 1 is 1.03 bits per heavy atom. The van der Waals surface area contributed by atoms with Crippen molar-refractivity contribution in [2.45, 2.75) is 52.5 Å². The summed E-state index contributed by atoms with van der Waals surface area (Å²) in [6.07, 6.45) is 3.83. The molecule has 3 rings (SSSR count). The van der Waals surface area contributed by atoms with E-state index in [0.717, 1.165) is 25.9 Å². The number of benzene rings is 1. The first-order valence-corrected chi connectivity index (χ1v) is 10.4. The van der Waals surface area contributed by atoms with Gasteiger partial charge in [0.15, 0.2) is 11.5 Å². The molecule has 2 aromatic rings. The summed E-state index contributed by atoms with van der Waals surface area (Å²) in [5.41, 5.74) is -0.397. The number of amides is 1. The smallest absolute Gasteiger partial charge is 0.328 e. The molecule has 0 bridgehead atoms. The number of hydrogen-bond donors (Lipinski definition) is 1. The minimum atomic E-state index is -0.458. The zero-order valence-corrected chi connectivity index (χ0v) is 17.2. The van der Waals surface area contributed by atoms with Crippen LogP contribution in [0.25, 0.3) is 10.9 Å². The highest BCUT2D eigenvalue weighted by molar-refractivity contribution is 5.81. The van der Waals surface area contributed by atoms with Crippen LogP contribution >= 0.6 is 0 Å². The van der Waals surface area contributed by atoms with Crippen molar-refractivity contribution >= 4 is 16.8 Å². The van der Waals surface area contributed by atoms with Gasteiger partial charge >= 0.3 is 5.69 Å². The van der Waals surface area contributed by atoms with Crippen LogP contribution in [0.15, 0.2) is 21.7 Å². The Morgan fingerprint density at radius 3 is 2.34 bits per heavy atom. The molecule has 8 heteroatoms. The highest BCUT2D eigenvalue weighted by Crippen LogP contribution is 2.30. The van der Waals surface area contributed by atoms with Crippen molar-refractivity contribution in [1.82, 2.24) is 14.5 Å². The minimum Gasteiger partial charge on any atom is -0.490 e. The molecule has 158 valence electrons. The SMILES string of the molecule is CCOc1cc2[nH]c(=O)n(CCCCC(=O)N3CCCC3)c(=O)c2cc1OCC. The third kappa shape index (κ3) is 4.81. The molecule has 0 aliphatic carbocycles. The zero-order valence-electron chi connectivity index (χ0n) is 17.2. The van der Waals surface area contributed by atoms with Gasteiger partial charge < -0.3 is 19.4 Å². The maximum absolute atomic E-state index is 12.9. The van der Waals surface area contributed by atoms with Crippen LogP contribution < -0.4 is 20.7 Å². The van der Waals surface area contributed by atoms with Gasteiger partial charge in [-0.1, -0.05) is 0 Å². The molecule has 1 N–H and O–H groups in total. The zero-order chi connectivity index (χ0) is 20.8. The quantitative estimate of drug-likeness (QED) is 0.649. The first-order chi connectivity index (χ1) is 14.0. The van der Waals surface area contributed by atoms with Gasteiger partial charge in [0.05, 0.1) is 24.1 Å². The van der Waals surface area contributed by atoms with Gasteiger partial charge in [0.1, 0.15) is 0 Å². The number of aromatic nitrogens is 2. The summed E-state index contributed by atoms with van der Waals surface area (Å²) in [4.78, 5) is 42.1. The molecule has 0 saturated carbocycles. The van der Waals surface area contributed by atoms with Gasteiger partial charge in [-0.3, -0.25) is 14.2 Å². The number of ether oxygens (including phenoxy) is 2. The van der Waals surface area contributed by atoms with E-state index in [1.807, 2.05) is 18.7 Å². The standard InChI is InChI=1S/C21H29N3O5/c1-3-28-17-13-15-16(14-18(17)29-4-2)22-21(27)24(20(15)26)12-6-5-9-19(25)23-10-7-8-11-23/h13-14H,3-12H2,1-2H3,(H,22,27). The Kier molecular flexibility index (Phi) is 6.95. The largest absolute Gasteiger partial charge is 0.490 e. The number of rotatable bonds is 9. The number of hydrogen-bond acceptors (Lipinski definition) is 5. The maximum Gasteiger partial charge on any atom is 0.328 e. The van der Waals surface area contributed by atoms with E-state index in [4.69, 9.17) is 9.47 Å². The van der Waals surface area contributed by atoms with Gasteiger partial charge in [-0.15, -0.1) is 0 Å². The molecule has 1 aliphatic rings. The molecule has 1 amide bonds. The molecule has 1 fully saturated rings. The van der Waals surface area contributed by atoms with E-state index in [1.165, 1.54) is 4.57 Å². The Balaban J connectivity index is 1.75. The maximum atomic E-state index is 12.9. The normalized spacial score (nSPS) is 13.8. The number of unbranched alkanes of at least 4 members (excludes halogenated alkanes) is 1. The van der Waals surface area contributed by atoms with E-state index < -0.39 is 5.69 Å². The summed E-state index contributed by atoms with van der Waals surface area (Å²) in [5.74, 6) is 1.14. The summed E-state index contributed by atoms with van der Waals surface area (Å²) < 4.78 is 12.3. The third-order valence-electron chi connectivity index (χ3n) is 5.13. The highest BCUT2D eigenvalue weighted by atomic mass is 16.5. The lowest BCUT2D eigenvalue weighted by molar-refractivity contribution is -0.130. The lowest BCUT2D eigenvalue weighted by atomic mass is 10.2. The fourth-order valence-corrected chi connectivity index (χ4v) is 3.67. The lowest BCUT2D eigenvalue weighted by Gasteiger charge is -2.15. The lowest BCUT2D eigenvalue weighted by Crippen LogP contribution is -2.35. The van der Waals surface area contributed by atoms with Gasteiger partial charge in [-0.05, 0) is 45.6 Å². The number of carbonyl (C=O) groups is 1. The number of nitrogens with one attached hydrogen (secondary N) is 1. The summed E-state index contributed by atoms with van der Waals surface area (Å²) in [6, 6.07) is 3.25. The van der Waals surface area contributed by atoms with E-state index >= 15 is 0 Å². The molecule has 1 aromatic carbocycles. The van der Waals surface area contributed by atoms with Crippen LogP contribution in [0, 0.1) is 0 Å². The summed E-state index contributed by atoms with van der Waals surface area (Å²) in [6.45, 7) is 6.55. The summed E-state index contributed by atoms with van der Waals surface area (Å²) in [5, 5.41) is 0.379. The fraction of sp³-hybridized carbons (Fsp3) is 0.571. The second kappa shape index (κ2) is 9.62. The van der Waals surface area contributed by atoms with Crippen molar-refractivity contribution in [1.29, 1.82) is 0 Å². The van der Waals surface area contributed by atoms with E-state index in [9.17, 15) is 14.4 Å². The van der Waals surface area contributed by atoms with Crippen LogP contribution in [0.2, 0.25) is 0 Å². The first-order valence-electron chi connectivity index (χ1n) is 10.4. The second-order valence-electron chi connectivity index (χ2n) is 7.14. The van der Waals surface area contributed by atoms with Crippen molar-refractivity contribution in [3.05, 3.63) is 33.0 Å². The molecule has 0 atom stereocenters. The second-order valence-corrected chi connectivity index (χ2v) is 7.14. The number of fused-ring (bicyclic) bond motifs is 1. The van der Waals surface area contributed by atoms with Gasteiger partial charge in [0, 0.05) is 32.1 Å². The summed E-state index contributed by atoms with van der Waals surface area (Å²) >= 11 is 0. The molecule has 1 saturated heterocycles. The van der Waals surface area contributed by atoms with Crippen LogP contribution in [0.4, 0.5) is 0 Å². The summed E-state index contributed by atoms with van der Waals surface area (Å²) in [7, 11) is 0. The molecular weight excluding hydrogens is 374 g/mol. The highest BCUT2D eigenvalue weighted by Gasteiger charge is 2.17. The topological polar surface area (TPSA) is 93.6 Å². The molecule has 0 unspecified atom stereocenters. The number of likely N-dealkylation sites (tertiary alicyclic amines) is 1. The van der Waals surface area contributed by atoms with E-state index in [1.54, 1.807) is 12.1 Å². The molecule has 1 aromatic heterocycles. The predicted molar refractivity (Wildman–Crippen MR) is 111 cm³/mol. The average Bonchev–Trinajstić information content (AvgIpc) is 3.23. The first kappa shape index (κ1) is 21.0. The van der Waals surface area contributed by atoms with Crippen LogP contribution in [0.1, 0.15) is 46.0 Å².